The van der Waals surface area contributed by atoms with Gasteiger partial charge in [-0.1, -0.05) is 12.1 Å². The monoisotopic (exact) mass is 463 g/mol. The number of hydrogen-bond acceptors (Lipinski definition) is 6. The van der Waals surface area contributed by atoms with E-state index in [1.165, 1.54) is 0 Å². The zero-order chi connectivity index (χ0) is 24.4. The number of methoxy groups -OCH3 is 1. The molecule has 3 amide bonds. The second-order valence-electron chi connectivity index (χ2n) is 9.15. The topological polar surface area (TPSA) is 106 Å². The second kappa shape index (κ2) is 12.4. The molecule has 1 aliphatic rings. The second-order valence-corrected chi connectivity index (χ2v) is 9.15. The summed E-state index contributed by atoms with van der Waals surface area (Å²) in [4.78, 5) is 38.7. The molecule has 1 fully saturated rings. The minimum absolute atomic E-state index is 0.122. The molecule has 33 heavy (non-hydrogen) atoms. The van der Waals surface area contributed by atoms with Crippen molar-refractivity contribution in [3.8, 4) is 5.75 Å². The van der Waals surface area contributed by atoms with Crippen LogP contribution < -0.4 is 15.4 Å². The molecule has 0 aliphatic carbocycles. The van der Waals surface area contributed by atoms with E-state index < -0.39 is 17.8 Å². The number of nitrogens with one attached hydrogen (secondary N) is 2. The average Bonchev–Trinajstić information content (AvgIpc) is 2.78. The van der Waals surface area contributed by atoms with Gasteiger partial charge in [0.1, 0.15) is 17.5 Å². The predicted octanol–water partition coefficient (Wildman–Crippen LogP) is 2.48. The lowest BCUT2D eigenvalue weighted by Gasteiger charge is -2.33. The summed E-state index contributed by atoms with van der Waals surface area (Å²) in [7, 11) is 1.60. The molecule has 0 saturated carbocycles. The Morgan fingerprint density at radius 2 is 1.91 bits per heavy atom. The molecule has 9 nitrogen and oxygen atoms in total. The van der Waals surface area contributed by atoms with E-state index in [0.29, 0.717) is 32.7 Å². The van der Waals surface area contributed by atoms with E-state index >= 15 is 0 Å². The van der Waals surface area contributed by atoms with E-state index in [1.54, 1.807) is 39.7 Å². The summed E-state index contributed by atoms with van der Waals surface area (Å²) in [6, 6.07) is 7.51. The first-order valence-electron chi connectivity index (χ1n) is 11.4. The van der Waals surface area contributed by atoms with E-state index in [4.69, 9.17) is 14.2 Å². The largest absolute Gasteiger partial charge is 0.497 e. The number of carbonyl (C=O) groups is 3. The van der Waals surface area contributed by atoms with Crippen molar-refractivity contribution in [3.63, 3.8) is 0 Å². The van der Waals surface area contributed by atoms with Gasteiger partial charge < -0.3 is 29.7 Å². The zero-order valence-electron chi connectivity index (χ0n) is 20.3. The fourth-order valence-corrected chi connectivity index (χ4v) is 3.51. The molecule has 9 heteroatoms. The van der Waals surface area contributed by atoms with E-state index in [2.05, 4.69) is 10.6 Å². The highest BCUT2D eigenvalue weighted by atomic mass is 16.6. The van der Waals surface area contributed by atoms with Gasteiger partial charge in [0.15, 0.2) is 0 Å². The quantitative estimate of drug-likeness (QED) is 0.545. The molecule has 2 unspecified atom stereocenters. The fraction of sp³-hybridized carbons (Fsp3) is 0.625. The number of amides is 3. The maximum absolute atomic E-state index is 12.8. The number of piperidine rings is 1. The average molecular weight is 464 g/mol. The molecule has 2 atom stereocenters. The molecule has 0 spiro atoms. The highest BCUT2D eigenvalue weighted by Gasteiger charge is 2.30. The molecule has 1 aliphatic heterocycles. The lowest BCUT2D eigenvalue weighted by Crippen LogP contribution is -2.49. The highest BCUT2D eigenvalue weighted by Crippen LogP contribution is 2.19. The molecule has 2 N–H and O–H groups in total. The van der Waals surface area contributed by atoms with E-state index in [0.717, 1.165) is 17.7 Å². The third kappa shape index (κ3) is 9.29. The van der Waals surface area contributed by atoms with Gasteiger partial charge in [0.05, 0.1) is 19.6 Å². The molecule has 1 saturated heterocycles. The summed E-state index contributed by atoms with van der Waals surface area (Å²) in [6.45, 7) is 8.92. The SMILES string of the molecule is COc1cccc(COC(C)C(=O)N2CCCC(C(=O)NCCNC(=O)OC(C)(C)C)C2)c1. The van der Waals surface area contributed by atoms with Crippen LogP contribution in [0.25, 0.3) is 0 Å². The summed E-state index contributed by atoms with van der Waals surface area (Å²) in [5.41, 5.74) is 0.352. The van der Waals surface area contributed by atoms with Crippen LogP contribution in [0, 0.1) is 5.92 Å². The van der Waals surface area contributed by atoms with E-state index in [9.17, 15) is 14.4 Å². The van der Waals surface area contributed by atoms with Crippen LogP contribution in [-0.2, 0) is 25.7 Å². The minimum atomic E-state index is -0.615. The Hall–Kier alpha value is -2.81. The number of hydrogen-bond donors (Lipinski definition) is 2. The first-order valence-corrected chi connectivity index (χ1v) is 11.4. The molecule has 184 valence electrons. The third-order valence-corrected chi connectivity index (χ3v) is 5.18. The van der Waals surface area contributed by atoms with Crippen LogP contribution in [0.4, 0.5) is 4.79 Å². The Morgan fingerprint density at radius 1 is 1.18 bits per heavy atom. The van der Waals surface area contributed by atoms with Gasteiger partial charge in [0.2, 0.25) is 5.91 Å². The van der Waals surface area contributed by atoms with Gasteiger partial charge in [0, 0.05) is 26.2 Å². The van der Waals surface area contributed by atoms with Crippen molar-refractivity contribution in [2.75, 3.05) is 33.3 Å². The molecule has 0 aromatic heterocycles. The maximum Gasteiger partial charge on any atom is 0.407 e. The van der Waals surface area contributed by atoms with Crippen molar-refractivity contribution in [1.82, 2.24) is 15.5 Å². The van der Waals surface area contributed by atoms with Gasteiger partial charge in [-0.25, -0.2) is 4.79 Å². The molecule has 0 bridgehead atoms. The number of benzene rings is 1. The molecular formula is C24H37N3O6. The lowest BCUT2D eigenvalue weighted by atomic mass is 9.96. The Bertz CT molecular complexity index is 808. The van der Waals surface area contributed by atoms with Crippen LogP contribution in [-0.4, -0.2) is 67.8 Å². The summed E-state index contributed by atoms with van der Waals surface area (Å²) >= 11 is 0. The lowest BCUT2D eigenvalue weighted by molar-refractivity contribution is -0.146. The van der Waals surface area contributed by atoms with Crippen LogP contribution >= 0.6 is 0 Å². The fourth-order valence-electron chi connectivity index (χ4n) is 3.51. The number of nitrogens with zero attached hydrogens (tertiary/aromatic N) is 1. The summed E-state index contributed by atoms with van der Waals surface area (Å²) in [5.74, 6) is 0.210. The zero-order valence-corrected chi connectivity index (χ0v) is 20.3. The first-order chi connectivity index (χ1) is 15.6. The van der Waals surface area contributed by atoms with Crippen molar-refractivity contribution in [2.45, 2.75) is 58.8 Å². The molecular weight excluding hydrogens is 426 g/mol. The van der Waals surface area contributed by atoms with Crippen molar-refractivity contribution in [2.24, 2.45) is 5.92 Å². The van der Waals surface area contributed by atoms with Crippen molar-refractivity contribution < 1.29 is 28.6 Å². The summed E-state index contributed by atoms with van der Waals surface area (Å²) in [6.07, 6.45) is 0.335. The van der Waals surface area contributed by atoms with Gasteiger partial charge in [-0.15, -0.1) is 0 Å². The Balaban J connectivity index is 1.74. The Morgan fingerprint density at radius 3 is 2.61 bits per heavy atom. The number of carbonyl (C=O) groups excluding carboxylic acids is 3. The normalized spacial score (nSPS) is 17.1. The van der Waals surface area contributed by atoms with Crippen LogP contribution in [0.3, 0.4) is 0 Å². The number of alkyl carbamates (subject to hydrolysis) is 1. The number of likely N-dealkylation sites (tertiary alicyclic amines) is 1. The maximum atomic E-state index is 12.8. The summed E-state index contributed by atoms with van der Waals surface area (Å²) < 4.78 is 16.1. The van der Waals surface area contributed by atoms with Gasteiger partial charge >= 0.3 is 6.09 Å². The van der Waals surface area contributed by atoms with Gasteiger partial charge in [-0.3, -0.25) is 9.59 Å². The van der Waals surface area contributed by atoms with Gasteiger partial charge in [0.25, 0.3) is 5.91 Å². The highest BCUT2D eigenvalue weighted by molar-refractivity contribution is 5.83. The smallest absolute Gasteiger partial charge is 0.407 e. The van der Waals surface area contributed by atoms with Crippen LogP contribution in [0.2, 0.25) is 0 Å². The number of rotatable bonds is 9. The molecule has 0 radical (unpaired) electrons. The van der Waals surface area contributed by atoms with Crippen molar-refractivity contribution in [3.05, 3.63) is 29.8 Å². The number of ether oxygens (including phenoxy) is 3. The molecule has 1 heterocycles. The van der Waals surface area contributed by atoms with Crippen molar-refractivity contribution >= 4 is 17.9 Å². The third-order valence-electron chi connectivity index (χ3n) is 5.18. The van der Waals surface area contributed by atoms with Gasteiger partial charge in [-0.2, -0.15) is 0 Å². The molecule has 2 rings (SSSR count). The van der Waals surface area contributed by atoms with Gasteiger partial charge in [-0.05, 0) is 58.2 Å². The van der Waals surface area contributed by atoms with Crippen LogP contribution in [0.5, 0.6) is 5.75 Å². The molecule has 1 aromatic carbocycles. The Labute approximate surface area is 196 Å². The Kier molecular flexibility index (Phi) is 9.96. The van der Waals surface area contributed by atoms with Crippen LogP contribution in [0.15, 0.2) is 24.3 Å². The summed E-state index contributed by atoms with van der Waals surface area (Å²) in [5, 5.41) is 5.44. The minimum Gasteiger partial charge on any atom is -0.497 e. The van der Waals surface area contributed by atoms with Crippen molar-refractivity contribution in [1.29, 1.82) is 0 Å². The standard InChI is InChI=1S/C24H37N3O6/c1-17(32-16-18-8-6-10-20(14-18)31-5)22(29)27-13-7-9-19(15-27)21(28)25-11-12-26-23(30)33-24(2,3)4/h6,8,10,14,17,19H,7,9,11-13,15-16H2,1-5H3,(H,25,28)(H,26,30). The predicted molar refractivity (Wildman–Crippen MR) is 124 cm³/mol. The van der Waals surface area contributed by atoms with Crippen LogP contribution in [0.1, 0.15) is 46.1 Å². The molecule has 1 aromatic rings. The van der Waals surface area contributed by atoms with E-state index in [1.807, 2.05) is 24.3 Å². The first kappa shape index (κ1) is 26.4. The van der Waals surface area contributed by atoms with E-state index in [-0.39, 0.29) is 24.3 Å².